The molecule has 41 heavy (non-hydrogen) atoms. The first kappa shape index (κ1) is 33.3. The number of Topliss-reactive ketones (excluding diaryl/α,β-unsaturated/α-hetero) is 1. The maximum Gasteiger partial charge on any atom is 0.307 e. The van der Waals surface area contributed by atoms with Crippen LogP contribution < -0.4 is 10.4 Å². The molecule has 1 atom stereocenters. The molecule has 0 amide bonds. The van der Waals surface area contributed by atoms with Crippen molar-refractivity contribution in [2.45, 2.75) is 117 Å². The number of benzene rings is 2. The van der Waals surface area contributed by atoms with Gasteiger partial charge < -0.3 is 9.53 Å². The molecular formula is C36H54O4Si. The summed E-state index contributed by atoms with van der Waals surface area (Å²) in [5, 5.41) is 1.61. The average molecular weight is 579 g/mol. The van der Waals surface area contributed by atoms with Crippen LogP contribution in [0.3, 0.4) is 0 Å². The van der Waals surface area contributed by atoms with Gasteiger partial charge in [0, 0.05) is 11.8 Å². The highest BCUT2D eigenvalue weighted by Crippen LogP contribution is 2.44. The van der Waals surface area contributed by atoms with E-state index in [1.165, 1.54) is 19.3 Å². The van der Waals surface area contributed by atoms with E-state index in [2.05, 4.69) is 27.7 Å². The summed E-state index contributed by atoms with van der Waals surface area (Å²) >= 11 is 0. The van der Waals surface area contributed by atoms with E-state index in [4.69, 9.17) is 4.74 Å². The molecule has 1 unspecified atom stereocenters. The van der Waals surface area contributed by atoms with E-state index in [1.807, 2.05) is 81.4 Å². The molecule has 5 heteroatoms. The molecule has 3 rings (SSSR count). The number of esters is 1. The van der Waals surface area contributed by atoms with Crippen molar-refractivity contribution in [3.05, 3.63) is 60.7 Å². The number of carbonyl (C=O) groups excluding carboxylic acids is 2. The second-order valence-corrected chi connectivity index (χ2v) is 18.0. The molecular weight excluding hydrogens is 524 g/mol. The van der Waals surface area contributed by atoms with Crippen molar-refractivity contribution in [3.63, 3.8) is 0 Å². The number of hydrogen-bond acceptors (Lipinski definition) is 4. The van der Waals surface area contributed by atoms with E-state index < -0.39 is 13.9 Å². The van der Waals surface area contributed by atoms with Gasteiger partial charge in [0.1, 0.15) is 11.4 Å². The Labute approximate surface area is 250 Å². The summed E-state index contributed by atoms with van der Waals surface area (Å²) in [5.74, 6) is 1.06. The van der Waals surface area contributed by atoms with Crippen molar-refractivity contribution < 1.29 is 19.1 Å². The minimum absolute atomic E-state index is 0.0646. The van der Waals surface area contributed by atoms with Gasteiger partial charge >= 0.3 is 5.97 Å². The van der Waals surface area contributed by atoms with Gasteiger partial charge in [0.2, 0.25) is 0 Å². The van der Waals surface area contributed by atoms with Crippen molar-refractivity contribution in [2.24, 2.45) is 23.7 Å². The Bertz CT molecular complexity index is 1060. The first-order chi connectivity index (χ1) is 19.3. The number of ketones is 1. The van der Waals surface area contributed by atoms with Crippen molar-refractivity contribution in [2.75, 3.05) is 0 Å². The molecule has 0 spiro atoms. The minimum atomic E-state index is -3.12. The number of ether oxygens (including phenoxy) is 1. The van der Waals surface area contributed by atoms with Crippen LogP contribution in [-0.4, -0.2) is 30.5 Å². The summed E-state index contributed by atoms with van der Waals surface area (Å²) in [6.07, 6.45) is 7.84. The molecule has 1 fully saturated rings. The molecule has 1 aliphatic carbocycles. The zero-order valence-electron chi connectivity index (χ0n) is 26.6. The van der Waals surface area contributed by atoms with Crippen molar-refractivity contribution in [1.82, 2.24) is 0 Å². The number of hydrogen-bond donors (Lipinski definition) is 1. The molecule has 1 saturated carbocycles. The Morgan fingerprint density at radius 3 is 1.88 bits per heavy atom. The zero-order valence-corrected chi connectivity index (χ0v) is 27.6. The van der Waals surface area contributed by atoms with E-state index in [0.717, 1.165) is 42.0 Å². The van der Waals surface area contributed by atoms with Gasteiger partial charge in [-0.15, -0.1) is 0 Å². The van der Waals surface area contributed by atoms with E-state index in [1.54, 1.807) is 0 Å². The number of carbonyl (C=O) groups is 2. The van der Waals surface area contributed by atoms with E-state index in [-0.39, 0.29) is 35.0 Å². The summed E-state index contributed by atoms with van der Waals surface area (Å²) in [6, 6.07) is 20.1. The Kier molecular flexibility index (Phi) is 11.6. The topological polar surface area (TPSA) is 63.6 Å². The van der Waals surface area contributed by atoms with Crippen LogP contribution in [0.4, 0.5) is 0 Å². The molecule has 0 heterocycles. The maximum absolute atomic E-state index is 13.7. The first-order valence-corrected chi connectivity index (χ1v) is 17.8. The minimum Gasteiger partial charge on any atom is -0.460 e. The van der Waals surface area contributed by atoms with Gasteiger partial charge in [0.05, 0.1) is 6.42 Å². The predicted molar refractivity (Wildman–Crippen MR) is 172 cm³/mol. The lowest BCUT2D eigenvalue weighted by Gasteiger charge is -2.42. The van der Waals surface area contributed by atoms with Crippen LogP contribution in [0.15, 0.2) is 60.7 Å². The van der Waals surface area contributed by atoms with Crippen LogP contribution in [0.25, 0.3) is 0 Å². The SMILES string of the molecule is CCC(CC)CC1CC(C(=O)C(CCCC(C)(C)[Si](O)(c2ccccc2)c2ccccc2)CC(=O)OC(C)(C)C)C1. The Balaban J connectivity index is 1.74. The van der Waals surface area contributed by atoms with Crippen molar-refractivity contribution in [3.8, 4) is 0 Å². The van der Waals surface area contributed by atoms with Crippen LogP contribution >= 0.6 is 0 Å². The van der Waals surface area contributed by atoms with E-state index in [0.29, 0.717) is 12.3 Å². The van der Waals surface area contributed by atoms with Gasteiger partial charge in [-0.1, -0.05) is 108 Å². The summed E-state index contributed by atoms with van der Waals surface area (Å²) in [6.45, 7) is 14.5. The fraction of sp³-hybridized carbons (Fsp3) is 0.611. The van der Waals surface area contributed by atoms with Crippen molar-refractivity contribution >= 4 is 30.4 Å². The van der Waals surface area contributed by atoms with Crippen LogP contribution in [0.2, 0.25) is 5.04 Å². The molecule has 2 aromatic carbocycles. The molecule has 0 bridgehead atoms. The normalized spacial score (nSPS) is 18.6. The highest BCUT2D eigenvalue weighted by Gasteiger charge is 2.49. The molecule has 0 aromatic heterocycles. The predicted octanol–water partition coefficient (Wildman–Crippen LogP) is 7.46. The third-order valence-corrected chi connectivity index (χ3v) is 14.0. The lowest BCUT2D eigenvalue weighted by atomic mass is 9.66. The largest absolute Gasteiger partial charge is 0.460 e. The average Bonchev–Trinajstić information content (AvgIpc) is 2.91. The molecule has 2 aromatic rings. The van der Waals surface area contributed by atoms with Crippen LogP contribution in [0.5, 0.6) is 0 Å². The summed E-state index contributed by atoms with van der Waals surface area (Å²) in [4.78, 5) is 39.1. The van der Waals surface area contributed by atoms with Gasteiger partial charge in [-0.3, -0.25) is 9.59 Å². The summed E-state index contributed by atoms with van der Waals surface area (Å²) in [7, 11) is -3.12. The highest BCUT2D eigenvalue weighted by molar-refractivity contribution is 6.98. The van der Waals surface area contributed by atoms with Gasteiger partial charge in [0.25, 0.3) is 8.32 Å². The monoisotopic (exact) mass is 578 g/mol. The molecule has 1 aliphatic rings. The van der Waals surface area contributed by atoms with Gasteiger partial charge in [-0.05, 0) is 80.1 Å². The van der Waals surface area contributed by atoms with Crippen LogP contribution in [0, 0.1) is 23.7 Å². The van der Waals surface area contributed by atoms with Crippen LogP contribution in [-0.2, 0) is 14.3 Å². The second-order valence-electron chi connectivity index (χ2n) is 14.1. The molecule has 4 nitrogen and oxygen atoms in total. The Morgan fingerprint density at radius 1 is 0.902 bits per heavy atom. The molecule has 0 radical (unpaired) electrons. The first-order valence-electron chi connectivity index (χ1n) is 15.9. The maximum atomic E-state index is 13.7. The molecule has 1 N–H and O–H groups in total. The fourth-order valence-corrected chi connectivity index (χ4v) is 10.6. The van der Waals surface area contributed by atoms with Gasteiger partial charge in [-0.25, -0.2) is 0 Å². The fourth-order valence-electron chi connectivity index (χ4n) is 6.79. The zero-order chi connectivity index (χ0) is 30.3. The van der Waals surface area contributed by atoms with Crippen LogP contribution in [0.1, 0.15) is 106 Å². The molecule has 226 valence electrons. The second kappa shape index (κ2) is 14.3. The number of rotatable bonds is 15. The van der Waals surface area contributed by atoms with Gasteiger partial charge in [-0.2, -0.15) is 0 Å². The Morgan fingerprint density at radius 2 is 1.41 bits per heavy atom. The quantitative estimate of drug-likeness (QED) is 0.176. The third kappa shape index (κ3) is 8.64. The smallest absolute Gasteiger partial charge is 0.307 e. The van der Waals surface area contributed by atoms with E-state index in [9.17, 15) is 14.4 Å². The summed E-state index contributed by atoms with van der Waals surface area (Å²) in [5.41, 5.74) is -0.572. The van der Waals surface area contributed by atoms with Gasteiger partial charge in [0.15, 0.2) is 0 Å². The lowest BCUT2D eigenvalue weighted by Crippen LogP contribution is -2.65. The molecule has 0 saturated heterocycles. The summed E-state index contributed by atoms with van der Waals surface area (Å²) < 4.78 is 5.65. The lowest BCUT2D eigenvalue weighted by molar-refractivity contribution is -0.158. The van der Waals surface area contributed by atoms with Crippen molar-refractivity contribution in [1.29, 1.82) is 0 Å². The van der Waals surface area contributed by atoms with E-state index >= 15 is 0 Å². The Hall–Kier alpha value is -2.24. The highest BCUT2D eigenvalue weighted by atomic mass is 28.4. The molecule has 0 aliphatic heterocycles. The third-order valence-electron chi connectivity index (χ3n) is 9.41. The standard InChI is InChI=1S/C36H54O4Si/c1-8-27(9-2)23-28-24-30(25-28)34(38)29(26-33(37)40-35(3,4)5)17-16-22-36(6,7)41(39,31-18-12-10-13-19-31)32-20-14-11-15-21-32/h10-15,18-21,27-30,39H,8-9,16-17,22-26H2,1-7H3.